The van der Waals surface area contributed by atoms with E-state index in [0.29, 0.717) is 12.0 Å². The maximum Gasteiger partial charge on any atom is 0.435 e. The number of halogens is 3. The summed E-state index contributed by atoms with van der Waals surface area (Å²) in [4.78, 5) is 12.4. The Kier molecular flexibility index (Phi) is 8.34. The summed E-state index contributed by atoms with van der Waals surface area (Å²) in [5.74, 6) is -0.417. The Balaban J connectivity index is 1.66. The summed E-state index contributed by atoms with van der Waals surface area (Å²) in [6.07, 6.45) is -2.63. The highest BCUT2D eigenvalue weighted by Gasteiger charge is 2.35. The third kappa shape index (κ3) is 7.37. The number of nitrogens with one attached hydrogen (secondary N) is 2. The average Bonchev–Trinajstić information content (AvgIpc) is 3.43. The maximum absolute atomic E-state index is 13.0. The molecule has 3 aromatic rings. The number of nitriles is 1. The Labute approximate surface area is 211 Å². The number of amides is 1. The van der Waals surface area contributed by atoms with Crippen molar-refractivity contribution in [2.24, 2.45) is 13.0 Å². The standard InChI is InChI=1S/C22H25F3N8O3S/c1-14(2)8-16(28-21(34)11-27-37(35,36)17-6-4-15(10-26)5-7-17)12-33-13-18(29-31-33)19-9-20(22(23,24)25)30-32(19)3/h4-7,9,13-14,16,27H,8,11-12H2,1-3H3,(H,28,34)/t16-/m0/s1. The van der Waals surface area contributed by atoms with Gasteiger partial charge in [-0.05, 0) is 42.7 Å². The zero-order valence-corrected chi connectivity index (χ0v) is 21.0. The molecule has 1 amide bonds. The Hall–Kier alpha value is -3.77. The minimum atomic E-state index is -4.60. The lowest BCUT2D eigenvalue weighted by Crippen LogP contribution is -2.44. The molecule has 198 valence electrons. The fourth-order valence-corrected chi connectivity index (χ4v) is 4.54. The average molecular weight is 539 g/mol. The molecule has 0 saturated carbocycles. The molecule has 0 bridgehead atoms. The normalized spacial score (nSPS) is 12.9. The number of rotatable bonds is 10. The molecule has 0 spiro atoms. The molecule has 2 heterocycles. The highest BCUT2D eigenvalue weighted by atomic mass is 32.2. The van der Waals surface area contributed by atoms with E-state index in [1.807, 2.05) is 19.9 Å². The molecule has 0 saturated heterocycles. The Morgan fingerprint density at radius 3 is 2.46 bits per heavy atom. The Bertz CT molecular complexity index is 1390. The van der Waals surface area contributed by atoms with Crippen LogP contribution in [0.4, 0.5) is 13.2 Å². The number of benzene rings is 1. The number of nitrogens with zero attached hydrogens (tertiary/aromatic N) is 6. The topological polar surface area (TPSA) is 148 Å². The van der Waals surface area contributed by atoms with Gasteiger partial charge >= 0.3 is 6.18 Å². The molecule has 0 aliphatic heterocycles. The number of hydrogen-bond acceptors (Lipinski definition) is 7. The molecule has 15 heteroatoms. The molecule has 0 fully saturated rings. The summed E-state index contributed by atoms with van der Waals surface area (Å²) in [6.45, 7) is 3.51. The molecule has 1 atom stereocenters. The summed E-state index contributed by atoms with van der Waals surface area (Å²) >= 11 is 0. The van der Waals surface area contributed by atoms with E-state index < -0.39 is 40.4 Å². The van der Waals surface area contributed by atoms with Gasteiger partial charge < -0.3 is 5.32 Å². The number of sulfonamides is 1. The van der Waals surface area contributed by atoms with Crippen LogP contribution in [0.25, 0.3) is 11.4 Å². The monoisotopic (exact) mass is 538 g/mol. The van der Waals surface area contributed by atoms with Crippen LogP contribution in [0.2, 0.25) is 0 Å². The van der Waals surface area contributed by atoms with E-state index in [1.165, 1.54) is 42.2 Å². The smallest absolute Gasteiger partial charge is 0.350 e. The van der Waals surface area contributed by atoms with Gasteiger partial charge in [0.25, 0.3) is 0 Å². The SMILES string of the molecule is CC(C)C[C@@H](Cn1cc(-c2cc(C(F)(F)F)nn2C)nn1)NC(=O)CNS(=O)(=O)c1ccc(C#N)cc1. The number of aryl methyl sites for hydroxylation is 1. The highest BCUT2D eigenvalue weighted by molar-refractivity contribution is 7.89. The first-order chi connectivity index (χ1) is 17.3. The van der Waals surface area contributed by atoms with Crippen LogP contribution in [-0.2, 0) is 34.6 Å². The zero-order valence-electron chi connectivity index (χ0n) is 20.2. The van der Waals surface area contributed by atoms with Gasteiger partial charge in [0.2, 0.25) is 15.9 Å². The Morgan fingerprint density at radius 2 is 1.89 bits per heavy atom. The van der Waals surface area contributed by atoms with Gasteiger partial charge in [0.05, 0.1) is 41.5 Å². The van der Waals surface area contributed by atoms with Crippen LogP contribution in [0.5, 0.6) is 0 Å². The lowest BCUT2D eigenvalue weighted by molar-refractivity contribution is -0.141. The van der Waals surface area contributed by atoms with Crippen molar-refractivity contribution in [2.75, 3.05) is 6.54 Å². The fraction of sp³-hybridized carbons (Fsp3) is 0.409. The van der Waals surface area contributed by atoms with Crippen LogP contribution in [0.3, 0.4) is 0 Å². The summed E-state index contributed by atoms with van der Waals surface area (Å²) in [7, 11) is -2.61. The predicted molar refractivity (Wildman–Crippen MR) is 125 cm³/mol. The highest BCUT2D eigenvalue weighted by Crippen LogP contribution is 2.30. The van der Waals surface area contributed by atoms with Crippen molar-refractivity contribution in [3.05, 3.63) is 47.8 Å². The largest absolute Gasteiger partial charge is 0.435 e. The van der Waals surface area contributed by atoms with Crippen LogP contribution in [0.1, 0.15) is 31.5 Å². The molecule has 0 radical (unpaired) electrons. The first kappa shape index (κ1) is 27.8. The summed E-state index contributed by atoms with van der Waals surface area (Å²) < 4.78 is 68.5. The minimum Gasteiger partial charge on any atom is -0.350 e. The second kappa shape index (κ2) is 11.1. The first-order valence-electron chi connectivity index (χ1n) is 11.1. The Morgan fingerprint density at radius 1 is 1.22 bits per heavy atom. The lowest BCUT2D eigenvalue weighted by Gasteiger charge is -2.20. The summed E-state index contributed by atoms with van der Waals surface area (Å²) in [6, 6.07) is 7.56. The van der Waals surface area contributed by atoms with Crippen molar-refractivity contribution < 1.29 is 26.4 Å². The van der Waals surface area contributed by atoms with Crippen LogP contribution in [-0.4, -0.2) is 51.7 Å². The van der Waals surface area contributed by atoms with Crippen molar-refractivity contribution in [3.8, 4) is 17.5 Å². The van der Waals surface area contributed by atoms with E-state index in [4.69, 9.17) is 5.26 Å². The van der Waals surface area contributed by atoms with E-state index in [-0.39, 0.29) is 28.7 Å². The van der Waals surface area contributed by atoms with Crippen LogP contribution in [0.15, 0.2) is 41.4 Å². The third-order valence-corrected chi connectivity index (χ3v) is 6.63. The van der Waals surface area contributed by atoms with Gasteiger partial charge in [-0.25, -0.2) is 17.8 Å². The number of alkyl halides is 3. The van der Waals surface area contributed by atoms with E-state index >= 15 is 0 Å². The second-order valence-electron chi connectivity index (χ2n) is 8.72. The van der Waals surface area contributed by atoms with Crippen molar-refractivity contribution in [1.29, 1.82) is 5.26 Å². The number of hydrogen-bond donors (Lipinski definition) is 2. The van der Waals surface area contributed by atoms with Gasteiger partial charge in [-0.2, -0.15) is 23.5 Å². The van der Waals surface area contributed by atoms with Crippen molar-refractivity contribution in [3.63, 3.8) is 0 Å². The van der Waals surface area contributed by atoms with Crippen molar-refractivity contribution in [1.82, 2.24) is 34.8 Å². The van der Waals surface area contributed by atoms with E-state index in [2.05, 4.69) is 25.4 Å². The van der Waals surface area contributed by atoms with Crippen LogP contribution in [0, 0.1) is 17.2 Å². The molecule has 0 unspecified atom stereocenters. The minimum absolute atomic E-state index is 0.0861. The lowest BCUT2D eigenvalue weighted by atomic mass is 10.0. The summed E-state index contributed by atoms with van der Waals surface area (Å²) in [5, 5.41) is 22.9. The van der Waals surface area contributed by atoms with E-state index in [9.17, 15) is 26.4 Å². The van der Waals surface area contributed by atoms with Crippen molar-refractivity contribution in [2.45, 2.75) is 43.9 Å². The molecule has 1 aromatic carbocycles. The van der Waals surface area contributed by atoms with Crippen molar-refractivity contribution >= 4 is 15.9 Å². The van der Waals surface area contributed by atoms with Gasteiger partial charge in [-0.3, -0.25) is 9.48 Å². The van der Waals surface area contributed by atoms with Gasteiger partial charge in [-0.15, -0.1) is 5.10 Å². The third-order valence-electron chi connectivity index (χ3n) is 5.22. The molecule has 2 N–H and O–H groups in total. The maximum atomic E-state index is 13.0. The van der Waals surface area contributed by atoms with Gasteiger partial charge in [0, 0.05) is 13.1 Å². The predicted octanol–water partition coefficient (Wildman–Crippen LogP) is 2.08. The molecule has 11 nitrogen and oxygen atoms in total. The number of carbonyl (C=O) groups is 1. The fourth-order valence-electron chi connectivity index (χ4n) is 3.56. The molecule has 0 aliphatic carbocycles. The van der Waals surface area contributed by atoms with Gasteiger partial charge in [-0.1, -0.05) is 19.1 Å². The van der Waals surface area contributed by atoms with Gasteiger partial charge in [0.1, 0.15) is 5.69 Å². The summed E-state index contributed by atoms with van der Waals surface area (Å²) in [5.41, 5.74) is -0.447. The molecular formula is C22H25F3N8O3S. The molecule has 2 aromatic heterocycles. The van der Waals surface area contributed by atoms with E-state index in [1.54, 1.807) is 0 Å². The zero-order chi connectivity index (χ0) is 27.4. The molecule has 0 aliphatic rings. The van der Waals surface area contributed by atoms with Crippen LogP contribution >= 0.6 is 0 Å². The first-order valence-corrected chi connectivity index (χ1v) is 12.6. The van der Waals surface area contributed by atoms with Gasteiger partial charge in [0.15, 0.2) is 5.69 Å². The second-order valence-corrected chi connectivity index (χ2v) is 10.5. The number of carbonyl (C=O) groups excluding carboxylic acids is 1. The van der Waals surface area contributed by atoms with Crippen LogP contribution < -0.4 is 10.0 Å². The molecule has 3 rings (SSSR count). The number of aromatic nitrogens is 5. The molecular weight excluding hydrogens is 513 g/mol. The quantitative estimate of drug-likeness (QED) is 0.402. The van der Waals surface area contributed by atoms with E-state index in [0.717, 1.165) is 10.7 Å². The molecule has 37 heavy (non-hydrogen) atoms.